The number of hydrogen-bond donors (Lipinski definition) is 0. The van der Waals surface area contributed by atoms with Crippen molar-refractivity contribution in [3.05, 3.63) is 46.8 Å². The summed E-state index contributed by atoms with van der Waals surface area (Å²) < 4.78 is 12.3. The van der Waals surface area contributed by atoms with Crippen molar-refractivity contribution in [3.63, 3.8) is 0 Å². The summed E-state index contributed by atoms with van der Waals surface area (Å²) in [7, 11) is 1.55. The molecule has 1 heterocycles. The summed E-state index contributed by atoms with van der Waals surface area (Å²) in [6.07, 6.45) is 1.52. The van der Waals surface area contributed by atoms with Crippen molar-refractivity contribution in [2.24, 2.45) is 5.92 Å². The Morgan fingerprint density at radius 2 is 2.04 bits per heavy atom. The summed E-state index contributed by atoms with van der Waals surface area (Å²) in [5.74, 6) is 1.11. The number of aromatic nitrogens is 2. The number of benzene rings is 1. The first-order valence-corrected chi connectivity index (χ1v) is 8.36. The smallest absolute Gasteiger partial charge is 0.289 e. The molecule has 6 nitrogen and oxygen atoms in total. The molecular formula is C20H23N3O3. The molecule has 0 spiro atoms. The highest BCUT2D eigenvalue weighted by Gasteiger charge is 2.16. The third-order valence-electron chi connectivity index (χ3n) is 3.62. The van der Waals surface area contributed by atoms with Crippen LogP contribution < -0.4 is 9.47 Å². The van der Waals surface area contributed by atoms with E-state index in [1.807, 2.05) is 6.07 Å². The molecule has 0 saturated carbocycles. The average Bonchev–Trinajstić information content (AvgIpc) is 2.95. The van der Waals surface area contributed by atoms with Gasteiger partial charge in [-0.05, 0) is 49.6 Å². The van der Waals surface area contributed by atoms with Crippen LogP contribution in [0.15, 0.2) is 29.8 Å². The van der Waals surface area contributed by atoms with E-state index in [4.69, 9.17) is 9.47 Å². The van der Waals surface area contributed by atoms with Crippen LogP contribution in [0.1, 0.15) is 35.6 Å². The van der Waals surface area contributed by atoms with Gasteiger partial charge in [-0.2, -0.15) is 10.4 Å². The van der Waals surface area contributed by atoms with Gasteiger partial charge >= 0.3 is 0 Å². The first-order valence-electron chi connectivity index (χ1n) is 8.36. The fourth-order valence-electron chi connectivity index (χ4n) is 2.41. The quantitative estimate of drug-likeness (QED) is 0.583. The SMILES string of the molecule is COc1cc(/C=C(\C#N)C(=O)n2nc(C)cc2C)ccc1OCC(C)C. The third kappa shape index (κ3) is 4.51. The molecule has 2 rings (SSSR count). The Morgan fingerprint density at radius 3 is 2.58 bits per heavy atom. The van der Waals surface area contributed by atoms with Crippen LogP contribution in [0.2, 0.25) is 0 Å². The minimum absolute atomic E-state index is 0.00546. The second-order valence-electron chi connectivity index (χ2n) is 6.43. The lowest BCUT2D eigenvalue weighted by atomic mass is 10.1. The van der Waals surface area contributed by atoms with Gasteiger partial charge in [-0.15, -0.1) is 0 Å². The number of allylic oxidation sites excluding steroid dienone is 1. The molecule has 0 atom stereocenters. The molecule has 0 saturated heterocycles. The molecule has 1 aromatic carbocycles. The van der Waals surface area contributed by atoms with Crippen molar-refractivity contribution in [3.8, 4) is 17.6 Å². The van der Waals surface area contributed by atoms with Gasteiger partial charge in [0.2, 0.25) is 0 Å². The van der Waals surface area contributed by atoms with Crippen LogP contribution in [0.3, 0.4) is 0 Å². The maximum Gasteiger partial charge on any atom is 0.289 e. The lowest BCUT2D eigenvalue weighted by molar-refractivity contribution is 0.0943. The Hall–Kier alpha value is -3.07. The van der Waals surface area contributed by atoms with E-state index in [2.05, 4.69) is 18.9 Å². The molecule has 0 amide bonds. The average molecular weight is 353 g/mol. The minimum Gasteiger partial charge on any atom is -0.493 e. The normalized spacial score (nSPS) is 11.3. The summed E-state index contributed by atoms with van der Waals surface area (Å²) in [6.45, 7) is 8.27. The van der Waals surface area contributed by atoms with Gasteiger partial charge in [0.1, 0.15) is 11.6 Å². The second kappa shape index (κ2) is 8.34. The summed E-state index contributed by atoms with van der Waals surface area (Å²) in [5, 5.41) is 13.5. The molecule has 0 aliphatic heterocycles. The molecule has 136 valence electrons. The minimum atomic E-state index is -0.461. The summed E-state index contributed by atoms with van der Waals surface area (Å²) >= 11 is 0. The van der Waals surface area contributed by atoms with E-state index in [0.717, 1.165) is 5.69 Å². The Balaban J connectivity index is 2.32. The fraction of sp³-hybridized carbons (Fsp3) is 0.350. The Kier molecular flexibility index (Phi) is 6.18. The Bertz CT molecular complexity index is 873. The van der Waals surface area contributed by atoms with Crippen LogP contribution in [0.25, 0.3) is 6.08 Å². The topological polar surface area (TPSA) is 77.1 Å². The molecule has 1 aromatic heterocycles. The molecule has 0 aliphatic rings. The molecule has 0 fully saturated rings. The fourth-order valence-corrected chi connectivity index (χ4v) is 2.41. The van der Waals surface area contributed by atoms with Crippen LogP contribution in [-0.4, -0.2) is 29.4 Å². The van der Waals surface area contributed by atoms with E-state index in [-0.39, 0.29) is 5.57 Å². The number of nitrogens with zero attached hydrogens (tertiary/aromatic N) is 3. The van der Waals surface area contributed by atoms with Gasteiger partial charge < -0.3 is 9.47 Å². The van der Waals surface area contributed by atoms with Gasteiger partial charge in [0.25, 0.3) is 5.91 Å². The van der Waals surface area contributed by atoms with E-state index < -0.39 is 5.91 Å². The number of carbonyl (C=O) groups is 1. The zero-order chi connectivity index (χ0) is 19.3. The largest absolute Gasteiger partial charge is 0.493 e. The second-order valence-corrected chi connectivity index (χ2v) is 6.43. The number of carbonyl (C=O) groups excluding carboxylic acids is 1. The number of nitriles is 1. The maximum absolute atomic E-state index is 12.6. The third-order valence-corrected chi connectivity index (χ3v) is 3.62. The van der Waals surface area contributed by atoms with Crippen molar-refractivity contribution >= 4 is 12.0 Å². The first kappa shape index (κ1) is 19.3. The van der Waals surface area contributed by atoms with Crippen LogP contribution in [0.4, 0.5) is 0 Å². The summed E-state index contributed by atoms with van der Waals surface area (Å²) in [5.41, 5.74) is 2.07. The molecule has 0 aliphatic carbocycles. The molecular weight excluding hydrogens is 330 g/mol. The lowest BCUT2D eigenvalue weighted by Crippen LogP contribution is -2.15. The first-order chi connectivity index (χ1) is 12.3. The number of rotatable bonds is 6. The predicted molar refractivity (Wildman–Crippen MR) is 99.2 cm³/mol. The summed E-state index contributed by atoms with van der Waals surface area (Å²) in [4.78, 5) is 12.6. The zero-order valence-corrected chi connectivity index (χ0v) is 15.7. The predicted octanol–water partition coefficient (Wildman–Crippen LogP) is 3.79. The van der Waals surface area contributed by atoms with E-state index in [1.165, 1.54) is 10.8 Å². The van der Waals surface area contributed by atoms with Gasteiger partial charge in [0.05, 0.1) is 19.4 Å². The molecule has 0 N–H and O–H groups in total. The van der Waals surface area contributed by atoms with Crippen LogP contribution in [-0.2, 0) is 0 Å². The molecule has 0 radical (unpaired) electrons. The number of methoxy groups -OCH3 is 1. The van der Waals surface area contributed by atoms with Crippen molar-refractivity contribution < 1.29 is 14.3 Å². The zero-order valence-electron chi connectivity index (χ0n) is 15.7. The molecule has 2 aromatic rings. The van der Waals surface area contributed by atoms with Crippen LogP contribution in [0, 0.1) is 31.1 Å². The van der Waals surface area contributed by atoms with Crippen molar-refractivity contribution in [2.75, 3.05) is 13.7 Å². The molecule has 26 heavy (non-hydrogen) atoms. The van der Waals surface area contributed by atoms with Crippen molar-refractivity contribution in [1.82, 2.24) is 9.78 Å². The Morgan fingerprint density at radius 1 is 1.31 bits per heavy atom. The van der Waals surface area contributed by atoms with Crippen LogP contribution in [0.5, 0.6) is 11.5 Å². The molecule has 6 heteroatoms. The number of aryl methyl sites for hydroxylation is 2. The number of ether oxygens (including phenoxy) is 2. The number of hydrogen-bond acceptors (Lipinski definition) is 5. The van der Waals surface area contributed by atoms with Crippen molar-refractivity contribution in [2.45, 2.75) is 27.7 Å². The Labute approximate surface area is 153 Å². The highest BCUT2D eigenvalue weighted by atomic mass is 16.5. The van der Waals surface area contributed by atoms with Gasteiger partial charge in [0, 0.05) is 5.69 Å². The van der Waals surface area contributed by atoms with E-state index in [0.29, 0.717) is 35.3 Å². The summed E-state index contributed by atoms with van der Waals surface area (Å²) in [6, 6.07) is 9.04. The van der Waals surface area contributed by atoms with Crippen molar-refractivity contribution in [1.29, 1.82) is 5.26 Å². The highest BCUT2D eigenvalue weighted by molar-refractivity contribution is 6.03. The van der Waals surface area contributed by atoms with Gasteiger partial charge in [-0.3, -0.25) is 4.79 Å². The monoisotopic (exact) mass is 353 g/mol. The van der Waals surface area contributed by atoms with Gasteiger partial charge in [-0.1, -0.05) is 19.9 Å². The lowest BCUT2D eigenvalue weighted by Gasteiger charge is -2.13. The molecule has 0 bridgehead atoms. The van der Waals surface area contributed by atoms with Gasteiger partial charge in [-0.25, -0.2) is 4.68 Å². The van der Waals surface area contributed by atoms with E-state index in [1.54, 1.807) is 45.2 Å². The highest BCUT2D eigenvalue weighted by Crippen LogP contribution is 2.29. The standard InChI is InChI=1S/C20H23N3O3/c1-13(2)12-26-18-7-6-16(10-19(18)25-5)9-17(11-21)20(24)23-15(4)8-14(3)22-23/h6-10,13H,12H2,1-5H3/b17-9+. The van der Waals surface area contributed by atoms with Gasteiger partial charge in [0.15, 0.2) is 11.5 Å². The van der Waals surface area contributed by atoms with E-state index in [9.17, 15) is 10.1 Å². The van der Waals surface area contributed by atoms with E-state index >= 15 is 0 Å². The maximum atomic E-state index is 12.6. The molecule has 0 unspecified atom stereocenters. The van der Waals surface area contributed by atoms with Crippen LogP contribution >= 0.6 is 0 Å².